The van der Waals surface area contributed by atoms with Crippen molar-refractivity contribution in [3.8, 4) is 11.1 Å². The second kappa shape index (κ2) is 9.18. The second-order valence-electron chi connectivity index (χ2n) is 8.59. The first-order valence-electron chi connectivity index (χ1n) is 11.1. The first-order chi connectivity index (χ1) is 14.4. The van der Waals surface area contributed by atoms with Gasteiger partial charge in [0.15, 0.2) is 0 Å². The van der Waals surface area contributed by atoms with Gasteiger partial charge in [0.25, 0.3) is 0 Å². The normalized spacial score (nSPS) is 23.7. The molecule has 1 N–H and O–H groups in total. The molecule has 2 aliphatic rings. The molecule has 0 saturated carbocycles. The summed E-state index contributed by atoms with van der Waals surface area (Å²) < 4.78 is 26.9. The van der Waals surface area contributed by atoms with Gasteiger partial charge in [0.05, 0.1) is 4.90 Å². The van der Waals surface area contributed by atoms with Gasteiger partial charge >= 0.3 is 0 Å². The van der Waals surface area contributed by atoms with Crippen LogP contribution in [0, 0.1) is 0 Å². The number of aliphatic hydroxyl groups is 1. The number of aliphatic hydroxyl groups excluding tert-OH is 1. The van der Waals surface area contributed by atoms with Crippen LogP contribution in [-0.4, -0.2) is 54.6 Å². The van der Waals surface area contributed by atoms with Gasteiger partial charge in [0.1, 0.15) is 6.23 Å². The Morgan fingerprint density at radius 3 is 2.17 bits per heavy atom. The standard InChI is InChI=1S/C24H32N2O3S/c1-19-5-4-16-25(19)18-15-20-7-9-21(10-8-20)22-11-13-23(14-12-22)30(28,29)26-17-3-2-6-24(26)27/h7-14,19,24,27H,2-6,15-18H2,1H3/t19-,24-/m1/s1. The average molecular weight is 429 g/mol. The van der Waals surface area contributed by atoms with E-state index in [0.29, 0.717) is 19.0 Å². The van der Waals surface area contributed by atoms with Crippen molar-refractivity contribution in [3.05, 3.63) is 54.1 Å². The lowest BCUT2D eigenvalue weighted by Gasteiger charge is -2.31. The number of benzene rings is 2. The third-order valence-electron chi connectivity index (χ3n) is 6.55. The second-order valence-corrected chi connectivity index (χ2v) is 10.5. The molecule has 2 aromatic carbocycles. The molecular weight excluding hydrogens is 396 g/mol. The van der Waals surface area contributed by atoms with Crippen LogP contribution in [0.5, 0.6) is 0 Å². The zero-order chi connectivity index (χ0) is 21.1. The molecule has 0 spiro atoms. The molecule has 0 amide bonds. The van der Waals surface area contributed by atoms with Gasteiger partial charge in [-0.15, -0.1) is 0 Å². The first-order valence-corrected chi connectivity index (χ1v) is 12.5. The molecule has 0 radical (unpaired) electrons. The Kier molecular flexibility index (Phi) is 6.58. The molecule has 4 rings (SSSR count). The van der Waals surface area contributed by atoms with Crippen molar-refractivity contribution in [3.63, 3.8) is 0 Å². The molecule has 2 saturated heterocycles. The van der Waals surface area contributed by atoms with Crippen LogP contribution in [0.3, 0.4) is 0 Å². The first kappa shape index (κ1) is 21.5. The van der Waals surface area contributed by atoms with Gasteiger partial charge in [-0.1, -0.05) is 36.4 Å². The molecule has 0 aromatic heterocycles. The van der Waals surface area contributed by atoms with E-state index >= 15 is 0 Å². The summed E-state index contributed by atoms with van der Waals surface area (Å²) in [5.41, 5.74) is 3.40. The Bertz CT molecular complexity index is 941. The van der Waals surface area contributed by atoms with E-state index in [1.54, 1.807) is 12.1 Å². The Balaban J connectivity index is 1.42. The van der Waals surface area contributed by atoms with Crippen LogP contribution in [-0.2, 0) is 16.4 Å². The van der Waals surface area contributed by atoms with Crippen LogP contribution < -0.4 is 0 Å². The Hall–Kier alpha value is -1.73. The van der Waals surface area contributed by atoms with Crippen molar-refractivity contribution in [2.45, 2.75) is 62.6 Å². The lowest BCUT2D eigenvalue weighted by Crippen LogP contribution is -2.43. The lowest BCUT2D eigenvalue weighted by molar-refractivity contribution is 0.0334. The largest absolute Gasteiger partial charge is 0.377 e. The minimum absolute atomic E-state index is 0.239. The summed E-state index contributed by atoms with van der Waals surface area (Å²) in [4.78, 5) is 2.80. The topological polar surface area (TPSA) is 60.9 Å². The van der Waals surface area contributed by atoms with Crippen LogP contribution >= 0.6 is 0 Å². The van der Waals surface area contributed by atoms with E-state index in [2.05, 4.69) is 36.1 Å². The molecule has 30 heavy (non-hydrogen) atoms. The molecule has 0 bridgehead atoms. The summed E-state index contributed by atoms with van der Waals surface area (Å²) in [5, 5.41) is 10.1. The van der Waals surface area contributed by atoms with Crippen molar-refractivity contribution in [1.82, 2.24) is 9.21 Å². The van der Waals surface area contributed by atoms with Crippen molar-refractivity contribution < 1.29 is 13.5 Å². The molecular formula is C24H32N2O3S. The summed E-state index contributed by atoms with van der Waals surface area (Å²) in [6.45, 7) is 5.01. The van der Waals surface area contributed by atoms with Crippen molar-refractivity contribution >= 4 is 10.0 Å². The van der Waals surface area contributed by atoms with Gasteiger partial charge in [0.2, 0.25) is 10.0 Å². The molecule has 2 heterocycles. The predicted molar refractivity (Wildman–Crippen MR) is 120 cm³/mol. The summed E-state index contributed by atoms with van der Waals surface area (Å²) in [5.74, 6) is 0. The highest BCUT2D eigenvalue weighted by Gasteiger charge is 2.32. The third-order valence-corrected chi connectivity index (χ3v) is 8.46. The summed E-state index contributed by atoms with van der Waals surface area (Å²) >= 11 is 0. The van der Waals surface area contributed by atoms with E-state index in [0.717, 1.165) is 36.9 Å². The SMILES string of the molecule is C[C@@H]1CCCN1CCc1ccc(-c2ccc(S(=O)(=O)N3CCCC[C@H]3O)cc2)cc1. The molecule has 162 valence electrons. The number of rotatable bonds is 6. The van der Waals surface area contributed by atoms with Crippen LogP contribution in [0.15, 0.2) is 53.4 Å². The fraction of sp³-hybridized carbons (Fsp3) is 0.500. The number of hydrogen-bond acceptors (Lipinski definition) is 4. The van der Waals surface area contributed by atoms with Crippen LogP contribution in [0.1, 0.15) is 44.6 Å². The van der Waals surface area contributed by atoms with Gasteiger partial charge in [-0.05, 0) is 80.8 Å². The molecule has 5 nitrogen and oxygen atoms in total. The average Bonchev–Trinajstić information content (AvgIpc) is 3.17. The smallest absolute Gasteiger partial charge is 0.245 e. The zero-order valence-electron chi connectivity index (χ0n) is 17.7. The zero-order valence-corrected chi connectivity index (χ0v) is 18.5. The van der Waals surface area contributed by atoms with Crippen LogP contribution in [0.25, 0.3) is 11.1 Å². The highest BCUT2D eigenvalue weighted by atomic mass is 32.2. The fourth-order valence-corrected chi connectivity index (χ4v) is 6.13. The number of piperidine rings is 1. The fourth-order valence-electron chi connectivity index (χ4n) is 4.58. The highest BCUT2D eigenvalue weighted by molar-refractivity contribution is 7.89. The summed E-state index contributed by atoms with van der Waals surface area (Å²) in [6, 6.07) is 16.3. The quantitative estimate of drug-likeness (QED) is 0.759. The maximum absolute atomic E-state index is 12.9. The van der Waals surface area contributed by atoms with E-state index < -0.39 is 16.3 Å². The summed E-state index contributed by atoms with van der Waals surface area (Å²) in [7, 11) is -3.66. The number of hydrogen-bond donors (Lipinski definition) is 1. The van der Waals surface area contributed by atoms with E-state index in [9.17, 15) is 13.5 Å². The van der Waals surface area contributed by atoms with Crippen molar-refractivity contribution in [1.29, 1.82) is 0 Å². The Morgan fingerprint density at radius 2 is 1.57 bits per heavy atom. The monoisotopic (exact) mass is 428 g/mol. The summed E-state index contributed by atoms with van der Waals surface area (Å²) in [6.07, 6.45) is 4.90. The van der Waals surface area contributed by atoms with Gasteiger partial charge in [0, 0.05) is 19.1 Å². The van der Waals surface area contributed by atoms with Gasteiger partial charge in [-0.25, -0.2) is 8.42 Å². The minimum Gasteiger partial charge on any atom is -0.377 e. The molecule has 2 fully saturated rings. The minimum atomic E-state index is -3.66. The van der Waals surface area contributed by atoms with Crippen molar-refractivity contribution in [2.75, 3.05) is 19.6 Å². The number of likely N-dealkylation sites (tertiary alicyclic amines) is 1. The van der Waals surface area contributed by atoms with E-state index in [1.165, 1.54) is 29.3 Å². The van der Waals surface area contributed by atoms with Crippen LogP contribution in [0.2, 0.25) is 0 Å². The third kappa shape index (κ3) is 4.62. The molecule has 6 heteroatoms. The van der Waals surface area contributed by atoms with E-state index in [4.69, 9.17) is 0 Å². The molecule has 2 aromatic rings. The molecule has 0 aliphatic carbocycles. The Morgan fingerprint density at radius 1 is 0.900 bits per heavy atom. The lowest BCUT2D eigenvalue weighted by atomic mass is 10.0. The Labute approximate surface area is 180 Å². The maximum Gasteiger partial charge on any atom is 0.245 e. The molecule has 2 aliphatic heterocycles. The van der Waals surface area contributed by atoms with Gasteiger partial charge in [-0.2, -0.15) is 4.31 Å². The van der Waals surface area contributed by atoms with E-state index in [-0.39, 0.29) is 4.90 Å². The van der Waals surface area contributed by atoms with Gasteiger partial charge < -0.3 is 10.0 Å². The maximum atomic E-state index is 12.9. The van der Waals surface area contributed by atoms with Crippen molar-refractivity contribution in [2.24, 2.45) is 0 Å². The number of sulfonamides is 1. The molecule has 0 unspecified atom stereocenters. The highest BCUT2D eigenvalue weighted by Crippen LogP contribution is 2.27. The van der Waals surface area contributed by atoms with Crippen LogP contribution in [0.4, 0.5) is 0 Å². The van der Waals surface area contributed by atoms with Gasteiger partial charge in [-0.3, -0.25) is 0 Å². The molecule has 2 atom stereocenters. The number of nitrogens with zero attached hydrogens (tertiary/aromatic N) is 2. The predicted octanol–water partition coefficient (Wildman–Crippen LogP) is 3.87. The van der Waals surface area contributed by atoms with E-state index in [1.807, 2.05) is 12.1 Å².